The number of hydrogen-bond acceptors (Lipinski definition) is 6. The van der Waals surface area contributed by atoms with Gasteiger partial charge in [-0.15, -0.1) is 0 Å². The van der Waals surface area contributed by atoms with Gasteiger partial charge in [-0.25, -0.2) is 8.42 Å². The molecule has 1 heterocycles. The van der Waals surface area contributed by atoms with Crippen LogP contribution in [0.2, 0.25) is 0 Å². The molecule has 1 aliphatic carbocycles. The van der Waals surface area contributed by atoms with Crippen LogP contribution in [0.4, 0.5) is 0 Å². The Kier molecular flexibility index (Phi) is 5.87. The highest BCUT2D eigenvalue weighted by atomic mass is 32.2. The number of hydrogen-bond donors (Lipinski definition) is 0. The monoisotopic (exact) mass is 427 g/mol. The zero-order valence-electron chi connectivity index (χ0n) is 17.1. The SMILES string of the molecule is CCOc1ccc(-c2noc(CN([C@H]3CCCc4ccccc43)S(C)(=O)=O)n2)cc1. The normalized spacial score (nSPS) is 16.4. The van der Waals surface area contributed by atoms with Gasteiger partial charge in [0.2, 0.25) is 21.7 Å². The van der Waals surface area contributed by atoms with Crippen molar-refractivity contribution >= 4 is 10.0 Å². The van der Waals surface area contributed by atoms with Crippen molar-refractivity contribution in [3.8, 4) is 17.1 Å². The molecule has 1 atom stereocenters. The van der Waals surface area contributed by atoms with Crippen LogP contribution in [0.1, 0.15) is 42.8 Å². The van der Waals surface area contributed by atoms with Crippen molar-refractivity contribution in [1.29, 1.82) is 0 Å². The molecule has 8 heteroatoms. The van der Waals surface area contributed by atoms with E-state index < -0.39 is 10.0 Å². The lowest BCUT2D eigenvalue weighted by atomic mass is 9.88. The first-order valence-electron chi connectivity index (χ1n) is 10.1. The summed E-state index contributed by atoms with van der Waals surface area (Å²) in [6.45, 7) is 2.57. The van der Waals surface area contributed by atoms with E-state index in [2.05, 4.69) is 16.2 Å². The second-order valence-electron chi connectivity index (χ2n) is 7.38. The quantitative estimate of drug-likeness (QED) is 0.567. The number of ether oxygens (including phenoxy) is 1. The van der Waals surface area contributed by atoms with Crippen molar-refractivity contribution in [3.63, 3.8) is 0 Å². The van der Waals surface area contributed by atoms with Gasteiger partial charge in [0.15, 0.2) is 0 Å². The largest absolute Gasteiger partial charge is 0.494 e. The van der Waals surface area contributed by atoms with Gasteiger partial charge in [0, 0.05) is 5.56 Å². The van der Waals surface area contributed by atoms with Gasteiger partial charge in [0.05, 0.1) is 25.4 Å². The number of sulfonamides is 1. The van der Waals surface area contributed by atoms with Crippen molar-refractivity contribution in [3.05, 3.63) is 65.5 Å². The van der Waals surface area contributed by atoms with Crippen LogP contribution >= 0.6 is 0 Å². The molecule has 0 saturated heterocycles. The Morgan fingerprint density at radius 3 is 2.67 bits per heavy atom. The van der Waals surface area contributed by atoms with Crippen LogP contribution in [0.3, 0.4) is 0 Å². The number of rotatable bonds is 7. The van der Waals surface area contributed by atoms with Gasteiger partial charge in [0.25, 0.3) is 0 Å². The van der Waals surface area contributed by atoms with E-state index in [1.807, 2.05) is 49.4 Å². The fourth-order valence-electron chi connectivity index (χ4n) is 3.92. The molecule has 7 nitrogen and oxygen atoms in total. The third-order valence-electron chi connectivity index (χ3n) is 5.29. The molecule has 0 saturated carbocycles. The highest BCUT2D eigenvalue weighted by Crippen LogP contribution is 2.36. The molecule has 0 spiro atoms. The third-order valence-corrected chi connectivity index (χ3v) is 6.53. The molecule has 0 aliphatic heterocycles. The molecule has 3 aromatic rings. The molecule has 0 amide bonds. The molecule has 0 N–H and O–H groups in total. The lowest BCUT2D eigenvalue weighted by Crippen LogP contribution is -2.35. The second kappa shape index (κ2) is 8.57. The predicted molar refractivity (Wildman–Crippen MR) is 113 cm³/mol. The summed E-state index contributed by atoms with van der Waals surface area (Å²) in [5.41, 5.74) is 3.03. The van der Waals surface area contributed by atoms with E-state index in [9.17, 15) is 8.42 Å². The Morgan fingerprint density at radius 2 is 1.93 bits per heavy atom. The molecule has 0 unspecified atom stereocenters. The number of fused-ring (bicyclic) bond motifs is 1. The first-order chi connectivity index (χ1) is 14.5. The van der Waals surface area contributed by atoms with E-state index in [1.54, 1.807) is 0 Å². The van der Waals surface area contributed by atoms with Crippen LogP contribution in [0.25, 0.3) is 11.4 Å². The maximum atomic E-state index is 12.6. The summed E-state index contributed by atoms with van der Waals surface area (Å²) in [6.07, 6.45) is 3.90. The first-order valence-corrected chi connectivity index (χ1v) is 11.9. The van der Waals surface area contributed by atoms with E-state index in [0.29, 0.717) is 12.4 Å². The molecular formula is C22H25N3O4S. The molecule has 2 aromatic carbocycles. The lowest BCUT2D eigenvalue weighted by molar-refractivity contribution is 0.251. The van der Waals surface area contributed by atoms with Crippen molar-refractivity contribution < 1.29 is 17.7 Å². The highest BCUT2D eigenvalue weighted by Gasteiger charge is 2.33. The summed E-state index contributed by atoms with van der Waals surface area (Å²) in [5, 5.41) is 4.04. The second-order valence-corrected chi connectivity index (χ2v) is 9.32. The summed E-state index contributed by atoms with van der Waals surface area (Å²) < 4.78 is 37.6. The topological polar surface area (TPSA) is 85.5 Å². The van der Waals surface area contributed by atoms with Gasteiger partial charge in [-0.2, -0.15) is 9.29 Å². The van der Waals surface area contributed by atoms with Crippen LogP contribution in [0.15, 0.2) is 53.1 Å². The minimum atomic E-state index is -3.48. The van der Waals surface area contributed by atoms with E-state index >= 15 is 0 Å². The Hall–Kier alpha value is -2.71. The molecule has 1 aliphatic rings. The van der Waals surface area contributed by atoms with Crippen molar-refractivity contribution in [1.82, 2.24) is 14.4 Å². The van der Waals surface area contributed by atoms with Gasteiger partial charge in [-0.1, -0.05) is 29.4 Å². The zero-order valence-corrected chi connectivity index (χ0v) is 17.9. The van der Waals surface area contributed by atoms with Gasteiger partial charge in [-0.05, 0) is 61.6 Å². The Labute approximate surface area is 176 Å². The highest BCUT2D eigenvalue weighted by molar-refractivity contribution is 7.88. The number of aromatic nitrogens is 2. The predicted octanol–water partition coefficient (Wildman–Crippen LogP) is 3.97. The molecule has 1 aromatic heterocycles. The molecule has 0 fully saturated rings. The zero-order chi connectivity index (χ0) is 21.1. The molecule has 158 valence electrons. The summed E-state index contributed by atoms with van der Waals surface area (Å²) in [7, 11) is -3.48. The van der Waals surface area contributed by atoms with E-state index in [1.165, 1.54) is 16.1 Å². The molecule has 0 bridgehead atoms. The van der Waals surface area contributed by atoms with Gasteiger partial charge >= 0.3 is 0 Å². The van der Waals surface area contributed by atoms with Crippen molar-refractivity contribution in [2.24, 2.45) is 0 Å². The average Bonchev–Trinajstić information content (AvgIpc) is 3.20. The van der Waals surface area contributed by atoms with Gasteiger partial charge in [0.1, 0.15) is 5.75 Å². The van der Waals surface area contributed by atoms with Crippen LogP contribution in [-0.2, 0) is 23.0 Å². The van der Waals surface area contributed by atoms with Crippen LogP contribution in [0.5, 0.6) is 5.75 Å². The standard InChI is InChI=1S/C22H25N3O4S/c1-3-28-18-13-11-17(12-14-18)22-23-21(29-24-22)15-25(30(2,26)27)20-10-6-8-16-7-4-5-9-19(16)20/h4-5,7,9,11-14,20H,3,6,8,10,15H2,1-2H3/t20-/m0/s1. The number of aryl methyl sites for hydroxylation is 1. The first kappa shape index (κ1) is 20.6. The smallest absolute Gasteiger partial charge is 0.242 e. The van der Waals surface area contributed by atoms with E-state index in [-0.39, 0.29) is 18.5 Å². The lowest BCUT2D eigenvalue weighted by Gasteiger charge is -2.33. The van der Waals surface area contributed by atoms with E-state index in [4.69, 9.17) is 9.26 Å². The van der Waals surface area contributed by atoms with Crippen molar-refractivity contribution in [2.45, 2.75) is 38.8 Å². The molecular weight excluding hydrogens is 402 g/mol. The Balaban J connectivity index is 1.59. The average molecular weight is 428 g/mol. The Bertz CT molecular complexity index is 1110. The van der Waals surface area contributed by atoms with Crippen LogP contribution < -0.4 is 4.74 Å². The van der Waals surface area contributed by atoms with Gasteiger partial charge in [-0.3, -0.25) is 0 Å². The van der Waals surface area contributed by atoms with Gasteiger partial charge < -0.3 is 9.26 Å². The Morgan fingerprint density at radius 1 is 1.17 bits per heavy atom. The fraction of sp³-hybridized carbons (Fsp3) is 0.364. The van der Waals surface area contributed by atoms with E-state index in [0.717, 1.165) is 36.1 Å². The van der Waals surface area contributed by atoms with Crippen molar-refractivity contribution in [2.75, 3.05) is 12.9 Å². The number of benzene rings is 2. The maximum Gasteiger partial charge on any atom is 0.242 e. The molecule has 30 heavy (non-hydrogen) atoms. The fourth-order valence-corrected chi connectivity index (χ4v) is 4.95. The summed E-state index contributed by atoms with van der Waals surface area (Å²) in [4.78, 5) is 4.44. The minimum Gasteiger partial charge on any atom is -0.494 e. The molecule has 0 radical (unpaired) electrons. The maximum absolute atomic E-state index is 12.6. The minimum absolute atomic E-state index is 0.0435. The van der Waals surface area contributed by atoms with Crippen LogP contribution in [-0.4, -0.2) is 35.7 Å². The molecule has 4 rings (SSSR count). The number of nitrogens with zero attached hydrogens (tertiary/aromatic N) is 3. The summed E-state index contributed by atoms with van der Waals surface area (Å²) in [6, 6.07) is 15.2. The third kappa shape index (κ3) is 4.39. The summed E-state index contributed by atoms with van der Waals surface area (Å²) >= 11 is 0. The van der Waals surface area contributed by atoms with Crippen LogP contribution in [0, 0.1) is 0 Å². The summed E-state index contributed by atoms with van der Waals surface area (Å²) in [5.74, 6) is 1.46.